The van der Waals surface area contributed by atoms with Gasteiger partial charge in [0.15, 0.2) is 0 Å². The van der Waals surface area contributed by atoms with Crippen LogP contribution in [0.2, 0.25) is 5.02 Å². The van der Waals surface area contributed by atoms with Crippen molar-refractivity contribution in [1.82, 2.24) is 20.2 Å². The van der Waals surface area contributed by atoms with Crippen LogP contribution in [0.5, 0.6) is 5.75 Å². The van der Waals surface area contributed by atoms with Crippen LogP contribution in [0.4, 0.5) is 0 Å². The van der Waals surface area contributed by atoms with E-state index in [9.17, 15) is 5.11 Å². The summed E-state index contributed by atoms with van der Waals surface area (Å²) in [5, 5.41) is 22.9. The SMILES string of the molecule is Cc1ccc(-c2nnn(CC(O)COc3ccc(Cl)cc3)n2)cc1. The average Bonchev–Trinajstić information content (AvgIpc) is 3.03. The summed E-state index contributed by atoms with van der Waals surface area (Å²) < 4.78 is 5.50. The molecule has 0 saturated carbocycles. The molecule has 0 saturated heterocycles. The number of aromatic nitrogens is 4. The molecular weight excluding hydrogens is 328 g/mol. The van der Waals surface area contributed by atoms with Gasteiger partial charge in [-0.2, -0.15) is 4.80 Å². The Kier molecular flexibility index (Phi) is 5.08. The van der Waals surface area contributed by atoms with Gasteiger partial charge >= 0.3 is 0 Å². The number of nitrogens with zero attached hydrogens (tertiary/aromatic N) is 4. The van der Waals surface area contributed by atoms with Gasteiger partial charge in [-0.3, -0.25) is 0 Å². The van der Waals surface area contributed by atoms with E-state index in [2.05, 4.69) is 15.4 Å². The molecule has 0 aliphatic carbocycles. The van der Waals surface area contributed by atoms with Crippen LogP contribution in [0.1, 0.15) is 5.56 Å². The van der Waals surface area contributed by atoms with E-state index in [0.29, 0.717) is 16.6 Å². The molecule has 7 heteroatoms. The second kappa shape index (κ2) is 7.42. The Morgan fingerprint density at radius 3 is 2.54 bits per heavy atom. The number of aryl methyl sites for hydroxylation is 1. The van der Waals surface area contributed by atoms with Crippen molar-refractivity contribution in [2.24, 2.45) is 0 Å². The Morgan fingerprint density at radius 2 is 1.83 bits per heavy atom. The fraction of sp³-hybridized carbons (Fsp3) is 0.235. The van der Waals surface area contributed by atoms with Gasteiger partial charge in [0.2, 0.25) is 5.82 Å². The summed E-state index contributed by atoms with van der Waals surface area (Å²) in [6, 6.07) is 14.8. The van der Waals surface area contributed by atoms with Crippen molar-refractivity contribution < 1.29 is 9.84 Å². The monoisotopic (exact) mass is 344 g/mol. The van der Waals surface area contributed by atoms with Crippen LogP contribution in [0.15, 0.2) is 48.5 Å². The number of ether oxygens (including phenoxy) is 1. The van der Waals surface area contributed by atoms with Crippen LogP contribution < -0.4 is 4.74 Å². The van der Waals surface area contributed by atoms with Gasteiger partial charge in [-0.15, -0.1) is 10.2 Å². The standard InChI is InChI=1S/C17H17ClN4O2/c1-12-2-4-13(5-3-12)17-19-21-22(20-17)10-15(23)11-24-16-8-6-14(18)7-9-16/h2-9,15,23H,10-11H2,1H3. The number of benzene rings is 2. The van der Waals surface area contributed by atoms with Crippen LogP contribution in [-0.4, -0.2) is 38.0 Å². The highest BCUT2D eigenvalue weighted by Gasteiger charge is 2.11. The van der Waals surface area contributed by atoms with Crippen LogP contribution in [-0.2, 0) is 6.54 Å². The highest BCUT2D eigenvalue weighted by atomic mass is 35.5. The van der Waals surface area contributed by atoms with E-state index >= 15 is 0 Å². The first-order valence-corrected chi connectivity index (χ1v) is 7.89. The van der Waals surface area contributed by atoms with E-state index in [-0.39, 0.29) is 13.2 Å². The minimum absolute atomic E-state index is 0.128. The quantitative estimate of drug-likeness (QED) is 0.744. The topological polar surface area (TPSA) is 73.1 Å². The first kappa shape index (κ1) is 16.4. The summed E-state index contributed by atoms with van der Waals surface area (Å²) >= 11 is 5.81. The highest BCUT2D eigenvalue weighted by molar-refractivity contribution is 6.30. The fourth-order valence-corrected chi connectivity index (χ4v) is 2.23. The largest absolute Gasteiger partial charge is 0.491 e. The zero-order valence-corrected chi connectivity index (χ0v) is 13.9. The number of hydrogen-bond acceptors (Lipinski definition) is 5. The van der Waals surface area contributed by atoms with Crippen LogP contribution in [0.25, 0.3) is 11.4 Å². The van der Waals surface area contributed by atoms with Gasteiger partial charge in [-0.25, -0.2) is 0 Å². The Hall–Kier alpha value is -2.44. The van der Waals surface area contributed by atoms with Crippen molar-refractivity contribution in [3.8, 4) is 17.1 Å². The van der Waals surface area contributed by atoms with Gasteiger partial charge in [0.1, 0.15) is 18.5 Å². The van der Waals surface area contributed by atoms with Crippen molar-refractivity contribution in [2.75, 3.05) is 6.61 Å². The summed E-state index contributed by atoms with van der Waals surface area (Å²) in [4.78, 5) is 1.37. The summed E-state index contributed by atoms with van der Waals surface area (Å²) in [6.45, 7) is 2.35. The Morgan fingerprint density at radius 1 is 1.12 bits per heavy atom. The minimum atomic E-state index is -0.749. The Balaban J connectivity index is 1.55. The van der Waals surface area contributed by atoms with Crippen LogP contribution in [0, 0.1) is 6.92 Å². The predicted octanol–water partition coefficient (Wildman–Crippen LogP) is 2.74. The molecule has 0 fully saturated rings. The molecule has 0 bridgehead atoms. The number of rotatable bonds is 6. The van der Waals surface area contributed by atoms with Gasteiger partial charge in [-0.05, 0) is 36.4 Å². The van der Waals surface area contributed by atoms with E-state index in [1.807, 2.05) is 31.2 Å². The van der Waals surface area contributed by atoms with Gasteiger partial charge in [0.25, 0.3) is 0 Å². The molecule has 24 heavy (non-hydrogen) atoms. The first-order chi connectivity index (χ1) is 11.6. The molecule has 0 aliphatic rings. The summed E-state index contributed by atoms with van der Waals surface area (Å²) in [5.41, 5.74) is 2.06. The second-order valence-electron chi connectivity index (χ2n) is 5.45. The van der Waals surface area contributed by atoms with Crippen LogP contribution >= 0.6 is 11.6 Å². The molecular formula is C17H17ClN4O2. The third kappa shape index (κ3) is 4.31. The lowest BCUT2D eigenvalue weighted by atomic mass is 10.1. The fourth-order valence-electron chi connectivity index (χ4n) is 2.10. The third-order valence-electron chi connectivity index (χ3n) is 3.39. The normalized spacial score (nSPS) is 12.1. The minimum Gasteiger partial charge on any atom is -0.491 e. The highest BCUT2D eigenvalue weighted by Crippen LogP contribution is 2.16. The van der Waals surface area contributed by atoms with E-state index in [1.54, 1.807) is 24.3 Å². The predicted molar refractivity (Wildman–Crippen MR) is 90.9 cm³/mol. The van der Waals surface area contributed by atoms with E-state index in [0.717, 1.165) is 5.56 Å². The molecule has 1 heterocycles. The lowest BCUT2D eigenvalue weighted by Crippen LogP contribution is -2.24. The zero-order chi connectivity index (χ0) is 16.9. The second-order valence-corrected chi connectivity index (χ2v) is 5.89. The number of hydrogen-bond donors (Lipinski definition) is 1. The van der Waals surface area contributed by atoms with Gasteiger partial charge in [0, 0.05) is 10.6 Å². The van der Waals surface area contributed by atoms with Gasteiger partial charge in [-0.1, -0.05) is 41.4 Å². The van der Waals surface area contributed by atoms with Crippen molar-refractivity contribution in [2.45, 2.75) is 19.6 Å². The molecule has 6 nitrogen and oxygen atoms in total. The third-order valence-corrected chi connectivity index (χ3v) is 3.64. The van der Waals surface area contributed by atoms with Gasteiger partial charge in [0.05, 0.1) is 6.54 Å². The zero-order valence-electron chi connectivity index (χ0n) is 13.1. The lowest BCUT2D eigenvalue weighted by Gasteiger charge is -2.11. The molecule has 3 aromatic rings. The summed E-state index contributed by atoms with van der Waals surface area (Å²) in [5.74, 6) is 1.17. The number of tetrazole rings is 1. The summed E-state index contributed by atoms with van der Waals surface area (Å²) in [6.07, 6.45) is -0.749. The Bertz CT molecular complexity index is 787. The molecule has 0 amide bonds. The molecule has 0 spiro atoms. The lowest BCUT2D eigenvalue weighted by molar-refractivity contribution is 0.0850. The smallest absolute Gasteiger partial charge is 0.204 e. The number of aliphatic hydroxyl groups excluding tert-OH is 1. The maximum absolute atomic E-state index is 10.1. The van der Waals surface area contributed by atoms with Crippen molar-refractivity contribution in [1.29, 1.82) is 0 Å². The molecule has 1 unspecified atom stereocenters. The van der Waals surface area contributed by atoms with E-state index in [1.165, 1.54) is 10.4 Å². The molecule has 0 aliphatic heterocycles. The van der Waals surface area contributed by atoms with Gasteiger partial charge < -0.3 is 9.84 Å². The Labute approximate surface area is 144 Å². The maximum atomic E-state index is 10.1. The molecule has 2 aromatic carbocycles. The molecule has 3 rings (SSSR count). The van der Waals surface area contributed by atoms with Crippen molar-refractivity contribution in [3.05, 3.63) is 59.1 Å². The molecule has 0 radical (unpaired) electrons. The molecule has 1 N–H and O–H groups in total. The van der Waals surface area contributed by atoms with Crippen molar-refractivity contribution in [3.63, 3.8) is 0 Å². The number of halogens is 1. The molecule has 124 valence electrons. The molecule has 1 atom stereocenters. The maximum Gasteiger partial charge on any atom is 0.204 e. The van der Waals surface area contributed by atoms with E-state index in [4.69, 9.17) is 16.3 Å². The average molecular weight is 345 g/mol. The van der Waals surface area contributed by atoms with E-state index < -0.39 is 6.10 Å². The molecule has 1 aromatic heterocycles. The first-order valence-electron chi connectivity index (χ1n) is 7.51. The number of aliphatic hydroxyl groups is 1. The van der Waals surface area contributed by atoms with Crippen molar-refractivity contribution >= 4 is 11.6 Å². The summed E-state index contributed by atoms with van der Waals surface area (Å²) in [7, 11) is 0. The van der Waals surface area contributed by atoms with Crippen LogP contribution in [0.3, 0.4) is 0 Å².